The molecule has 1 aromatic carbocycles. The normalized spacial score (nSPS) is 13.7. The number of nitriles is 1. The van der Waals surface area contributed by atoms with E-state index in [0.717, 1.165) is 43.4 Å². The van der Waals surface area contributed by atoms with Crippen molar-refractivity contribution in [1.82, 2.24) is 19.9 Å². The first-order valence-corrected chi connectivity index (χ1v) is 12.6. The molecule has 0 aliphatic carbocycles. The molecule has 12 heteroatoms. The lowest BCUT2D eigenvalue weighted by Gasteiger charge is -2.33. The fourth-order valence-corrected chi connectivity index (χ4v) is 4.86. The maximum Gasteiger partial charge on any atom is 0.232 e. The van der Waals surface area contributed by atoms with Gasteiger partial charge in [0.05, 0.1) is 27.0 Å². The lowest BCUT2D eigenvalue weighted by Crippen LogP contribution is -2.45. The van der Waals surface area contributed by atoms with Gasteiger partial charge >= 0.3 is 0 Å². The molecule has 0 unspecified atom stereocenters. The van der Waals surface area contributed by atoms with Gasteiger partial charge in [-0.1, -0.05) is 11.3 Å². The molecule has 2 aromatic heterocycles. The third-order valence-corrected chi connectivity index (χ3v) is 7.16. The van der Waals surface area contributed by atoms with E-state index in [2.05, 4.69) is 33.2 Å². The number of hydrogen-bond acceptors (Lipinski definition) is 12. The number of methoxy groups -OCH3 is 3. The Balaban J connectivity index is 1.66. The van der Waals surface area contributed by atoms with Crippen LogP contribution in [-0.4, -0.2) is 81.5 Å². The van der Waals surface area contributed by atoms with Crippen LogP contribution in [-0.2, 0) is 6.54 Å². The number of rotatable bonds is 9. The van der Waals surface area contributed by atoms with E-state index < -0.39 is 0 Å². The molecule has 1 aliphatic heterocycles. The molecule has 1 saturated heterocycles. The minimum atomic E-state index is 0.432. The van der Waals surface area contributed by atoms with Gasteiger partial charge in [-0.3, -0.25) is 5.32 Å². The van der Waals surface area contributed by atoms with Crippen molar-refractivity contribution in [1.29, 1.82) is 5.26 Å². The van der Waals surface area contributed by atoms with Gasteiger partial charge in [0.1, 0.15) is 22.6 Å². The molecule has 0 spiro atoms. The molecule has 3 heterocycles. The molecule has 0 saturated carbocycles. The summed E-state index contributed by atoms with van der Waals surface area (Å²) in [7, 11) is 8.90. The van der Waals surface area contributed by atoms with Gasteiger partial charge in [0.2, 0.25) is 11.7 Å². The minimum absolute atomic E-state index is 0.432. The lowest BCUT2D eigenvalue weighted by atomic mass is 10.1. The summed E-state index contributed by atoms with van der Waals surface area (Å²) < 4.78 is 16.5. The van der Waals surface area contributed by atoms with Crippen molar-refractivity contribution < 1.29 is 14.2 Å². The Bertz CT molecular complexity index is 1260. The molecule has 1 aliphatic rings. The van der Waals surface area contributed by atoms with Crippen molar-refractivity contribution in [2.24, 2.45) is 0 Å². The molecule has 196 valence electrons. The fourth-order valence-electron chi connectivity index (χ4n) is 4.10. The number of ether oxygens (including phenoxy) is 3. The van der Waals surface area contributed by atoms with E-state index in [1.807, 2.05) is 37.1 Å². The first kappa shape index (κ1) is 26.2. The molecule has 11 nitrogen and oxygen atoms in total. The lowest BCUT2D eigenvalue weighted by molar-refractivity contribution is 0.312. The molecule has 0 atom stereocenters. The SMILES string of the molecule is COc1cc(CN(C)c2cc(N3CCN(C)CC3)nc(Nc3nc(C)c(C#N)s3)n2)cc(OC)c1OC. The number of thiazole rings is 1. The van der Waals surface area contributed by atoms with Crippen LogP contribution in [0.5, 0.6) is 17.2 Å². The number of piperazine rings is 1. The standard InChI is InChI=1S/C25H32N8O3S/c1-16-20(14-26)37-25(27-16)30-24-28-21(13-22(29-24)33-9-7-31(2)8-10-33)32(3)15-17-11-18(34-4)23(36-6)19(12-17)35-5/h11-13H,7-10,15H2,1-6H3,(H,27,28,29,30). The van der Waals surface area contributed by atoms with Crippen LogP contribution in [0.2, 0.25) is 0 Å². The van der Waals surface area contributed by atoms with Gasteiger partial charge in [-0.05, 0) is 31.7 Å². The Kier molecular flexibility index (Phi) is 8.15. The Hall–Kier alpha value is -3.82. The van der Waals surface area contributed by atoms with E-state index in [0.29, 0.717) is 45.4 Å². The molecular formula is C25H32N8O3S. The molecule has 0 amide bonds. The van der Waals surface area contributed by atoms with Crippen LogP contribution >= 0.6 is 11.3 Å². The number of aryl methyl sites for hydroxylation is 1. The highest BCUT2D eigenvalue weighted by Gasteiger charge is 2.20. The van der Waals surface area contributed by atoms with Crippen LogP contribution in [0.3, 0.4) is 0 Å². The summed E-state index contributed by atoms with van der Waals surface area (Å²) in [5.74, 6) is 3.76. The van der Waals surface area contributed by atoms with Crippen LogP contribution < -0.4 is 29.3 Å². The number of hydrogen-bond donors (Lipinski definition) is 1. The van der Waals surface area contributed by atoms with Crippen molar-refractivity contribution in [3.05, 3.63) is 34.3 Å². The second-order valence-corrected chi connectivity index (χ2v) is 9.76. The second kappa shape index (κ2) is 11.5. The van der Waals surface area contributed by atoms with Crippen molar-refractivity contribution in [2.75, 3.05) is 76.7 Å². The topological polar surface area (TPSA) is 112 Å². The Morgan fingerprint density at radius 3 is 2.27 bits per heavy atom. The maximum absolute atomic E-state index is 9.32. The molecule has 0 radical (unpaired) electrons. The van der Waals surface area contributed by atoms with E-state index in [1.165, 1.54) is 11.3 Å². The largest absolute Gasteiger partial charge is 0.493 e. The summed E-state index contributed by atoms with van der Waals surface area (Å²) in [5, 5.41) is 13.1. The summed E-state index contributed by atoms with van der Waals surface area (Å²) >= 11 is 1.29. The van der Waals surface area contributed by atoms with E-state index in [-0.39, 0.29) is 0 Å². The zero-order valence-electron chi connectivity index (χ0n) is 22.0. The number of nitrogens with one attached hydrogen (secondary N) is 1. The van der Waals surface area contributed by atoms with Crippen LogP contribution in [0.4, 0.5) is 22.7 Å². The highest BCUT2D eigenvalue weighted by atomic mass is 32.1. The van der Waals surface area contributed by atoms with Gasteiger partial charge in [0.15, 0.2) is 16.6 Å². The third kappa shape index (κ3) is 5.95. The summed E-state index contributed by atoms with van der Waals surface area (Å²) in [4.78, 5) is 21.2. The first-order chi connectivity index (χ1) is 17.8. The predicted octanol–water partition coefficient (Wildman–Crippen LogP) is 3.27. The van der Waals surface area contributed by atoms with Gasteiger partial charge in [-0.25, -0.2) is 4.98 Å². The van der Waals surface area contributed by atoms with Gasteiger partial charge in [0, 0.05) is 45.8 Å². The summed E-state index contributed by atoms with van der Waals surface area (Å²) in [5.41, 5.74) is 1.66. The quantitative estimate of drug-likeness (QED) is 0.445. The van der Waals surface area contributed by atoms with Gasteiger partial charge in [0.25, 0.3) is 0 Å². The van der Waals surface area contributed by atoms with E-state index in [9.17, 15) is 5.26 Å². The Labute approximate surface area is 221 Å². The van der Waals surface area contributed by atoms with Crippen molar-refractivity contribution in [3.8, 4) is 23.3 Å². The van der Waals surface area contributed by atoms with Gasteiger partial charge in [-0.2, -0.15) is 15.2 Å². The highest BCUT2D eigenvalue weighted by Crippen LogP contribution is 2.38. The van der Waals surface area contributed by atoms with Crippen LogP contribution in [0, 0.1) is 18.3 Å². The monoisotopic (exact) mass is 524 g/mol. The number of anilines is 4. The number of nitrogens with zero attached hydrogens (tertiary/aromatic N) is 7. The maximum atomic E-state index is 9.32. The smallest absolute Gasteiger partial charge is 0.232 e. The van der Waals surface area contributed by atoms with Crippen molar-refractivity contribution in [3.63, 3.8) is 0 Å². The molecular weight excluding hydrogens is 492 g/mol. The van der Waals surface area contributed by atoms with Crippen LogP contribution in [0.25, 0.3) is 0 Å². The van der Waals surface area contributed by atoms with Crippen molar-refractivity contribution in [2.45, 2.75) is 13.5 Å². The third-order valence-electron chi connectivity index (χ3n) is 6.18. The number of benzene rings is 1. The average molecular weight is 525 g/mol. The predicted molar refractivity (Wildman–Crippen MR) is 145 cm³/mol. The number of aromatic nitrogens is 3. The first-order valence-electron chi connectivity index (χ1n) is 11.8. The molecule has 3 aromatic rings. The van der Waals surface area contributed by atoms with Gasteiger partial charge in [-0.15, -0.1) is 0 Å². The van der Waals surface area contributed by atoms with Gasteiger partial charge < -0.3 is 28.9 Å². The molecule has 37 heavy (non-hydrogen) atoms. The fraction of sp³-hybridized carbons (Fsp3) is 0.440. The van der Waals surface area contributed by atoms with Crippen LogP contribution in [0.1, 0.15) is 16.1 Å². The Morgan fingerprint density at radius 2 is 1.70 bits per heavy atom. The van der Waals surface area contributed by atoms with E-state index in [1.54, 1.807) is 21.3 Å². The summed E-state index contributed by atoms with van der Waals surface area (Å²) in [6.45, 7) is 6.03. The molecule has 1 fully saturated rings. The van der Waals surface area contributed by atoms with E-state index >= 15 is 0 Å². The minimum Gasteiger partial charge on any atom is -0.493 e. The van der Waals surface area contributed by atoms with Crippen molar-refractivity contribution >= 4 is 34.1 Å². The molecule has 0 bridgehead atoms. The second-order valence-electron chi connectivity index (χ2n) is 8.76. The number of likely N-dealkylation sites (N-methyl/N-ethyl adjacent to an activating group) is 1. The van der Waals surface area contributed by atoms with Crippen LogP contribution in [0.15, 0.2) is 18.2 Å². The molecule has 4 rings (SSSR count). The summed E-state index contributed by atoms with van der Waals surface area (Å²) in [6.07, 6.45) is 0. The average Bonchev–Trinajstić information content (AvgIpc) is 3.26. The highest BCUT2D eigenvalue weighted by molar-refractivity contribution is 7.16. The Morgan fingerprint density at radius 1 is 1.03 bits per heavy atom. The summed E-state index contributed by atoms with van der Waals surface area (Å²) in [6, 6.07) is 8.04. The van der Waals surface area contributed by atoms with E-state index in [4.69, 9.17) is 24.2 Å². The molecule has 1 N–H and O–H groups in total. The zero-order chi connectivity index (χ0) is 26.5. The zero-order valence-corrected chi connectivity index (χ0v) is 22.8.